The maximum Gasteiger partial charge on any atom is 0.233 e. The van der Waals surface area contributed by atoms with Gasteiger partial charge in [-0.1, -0.05) is 19.0 Å². The van der Waals surface area contributed by atoms with Gasteiger partial charge in [-0.05, 0) is 32.6 Å². The monoisotopic (exact) mass is 250 g/mol. The average molecular weight is 250 g/mol. The van der Waals surface area contributed by atoms with Crippen LogP contribution in [-0.2, 0) is 4.79 Å². The van der Waals surface area contributed by atoms with Crippen LogP contribution in [0.1, 0.15) is 51.0 Å². The number of likely N-dealkylation sites (tertiary alicyclic amines) is 1. The van der Waals surface area contributed by atoms with E-state index in [1.807, 2.05) is 17.9 Å². The normalized spacial score (nSPS) is 21.6. The molecule has 0 N–H and O–H groups in total. The molecule has 2 rings (SSSR count). The number of hydrogen-bond acceptors (Lipinski definition) is 3. The van der Waals surface area contributed by atoms with Crippen LogP contribution in [0.25, 0.3) is 0 Å². The highest BCUT2D eigenvalue weighted by atomic mass is 16.5. The summed E-state index contributed by atoms with van der Waals surface area (Å²) in [6, 6.07) is 2.23. The van der Waals surface area contributed by atoms with Crippen molar-refractivity contribution in [3.63, 3.8) is 0 Å². The third kappa shape index (κ3) is 2.42. The number of aryl methyl sites for hydroxylation is 1. The van der Waals surface area contributed by atoms with Gasteiger partial charge in [-0.15, -0.1) is 0 Å². The number of hydrogen-bond donors (Lipinski definition) is 0. The zero-order valence-electron chi connectivity index (χ0n) is 11.6. The average Bonchev–Trinajstić information content (AvgIpc) is 2.87. The molecule has 2 heterocycles. The molecule has 2 atom stereocenters. The van der Waals surface area contributed by atoms with Gasteiger partial charge in [0.25, 0.3) is 0 Å². The molecule has 1 amide bonds. The van der Waals surface area contributed by atoms with Crippen molar-refractivity contribution in [2.24, 2.45) is 5.92 Å². The number of amides is 1. The summed E-state index contributed by atoms with van der Waals surface area (Å²) in [5.74, 6) is 0.905. The van der Waals surface area contributed by atoms with Crippen molar-refractivity contribution in [1.82, 2.24) is 10.1 Å². The second kappa shape index (κ2) is 5.12. The fourth-order valence-electron chi connectivity index (χ4n) is 2.70. The molecule has 18 heavy (non-hydrogen) atoms. The second-order valence-electron chi connectivity index (χ2n) is 5.62. The first-order valence-electron chi connectivity index (χ1n) is 6.74. The molecule has 1 aromatic heterocycles. The van der Waals surface area contributed by atoms with E-state index in [1.165, 1.54) is 0 Å². The number of carbonyl (C=O) groups excluding carboxylic acids is 1. The third-order valence-electron chi connectivity index (χ3n) is 3.72. The summed E-state index contributed by atoms with van der Waals surface area (Å²) in [6.45, 7) is 8.99. The summed E-state index contributed by atoms with van der Waals surface area (Å²) < 4.78 is 5.31. The molecule has 1 saturated heterocycles. The molecular formula is C14H22N2O2. The Morgan fingerprint density at radius 2 is 2.28 bits per heavy atom. The SMILES string of the molecule is Cc1cc(C(C(=O)N2CCCC2C)C(C)C)on1. The third-order valence-corrected chi connectivity index (χ3v) is 3.72. The van der Waals surface area contributed by atoms with Gasteiger partial charge in [-0.2, -0.15) is 0 Å². The van der Waals surface area contributed by atoms with E-state index >= 15 is 0 Å². The molecule has 1 fully saturated rings. The summed E-state index contributed by atoms with van der Waals surface area (Å²) in [5.41, 5.74) is 0.831. The molecule has 0 spiro atoms. The van der Waals surface area contributed by atoms with E-state index < -0.39 is 0 Å². The summed E-state index contributed by atoms with van der Waals surface area (Å²) in [5, 5.41) is 3.90. The first kappa shape index (κ1) is 13.1. The van der Waals surface area contributed by atoms with Crippen molar-refractivity contribution in [3.05, 3.63) is 17.5 Å². The Hall–Kier alpha value is -1.32. The van der Waals surface area contributed by atoms with Crippen LogP contribution < -0.4 is 0 Å². The van der Waals surface area contributed by atoms with Gasteiger partial charge in [0.05, 0.1) is 5.69 Å². The van der Waals surface area contributed by atoms with E-state index in [0.29, 0.717) is 11.8 Å². The van der Waals surface area contributed by atoms with E-state index in [-0.39, 0.29) is 17.7 Å². The van der Waals surface area contributed by atoms with Gasteiger partial charge in [0.2, 0.25) is 5.91 Å². The molecule has 0 bridgehead atoms. The highest BCUT2D eigenvalue weighted by molar-refractivity contribution is 5.83. The first-order chi connectivity index (χ1) is 8.50. The van der Waals surface area contributed by atoms with Crippen LogP contribution in [0.2, 0.25) is 0 Å². The second-order valence-corrected chi connectivity index (χ2v) is 5.62. The fraction of sp³-hybridized carbons (Fsp3) is 0.714. The van der Waals surface area contributed by atoms with Gasteiger partial charge in [0.15, 0.2) is 0 Å². The quantitative estimate of drug-likeness (QED) is 0.828. The van der Waals surface area contributed by atoms with Gasteiger partial charge >= 0.3 is 0 Å². The Balaban J connectivity index is 2.22. The lowest BCUT2D eigenvalue weighted by atomic mass is 9.91. The van der Waals surface area contributed by atoms with E-state index in [9.17, 15) is 4.79 Å². The minimum atomic E-state index is -0.202. The van der Waals surface area contributed by atoms with E-state index in [0.717, 1.165) is 25.1 Å². The standard InChI is InChI=1S/C14H22N2O2/c1-9(2)13(12-8-10(3)15-18-12)14(17)16-7-5-6-11(16)4/h8-9,11,13H,5-7H2,1-4H3. The molecule has 100 valence electrons. The van der Waals surface area contributed by atoms with Gasteiger partial charge in [0.1, 0.15) is 11.7 Å². The molecule has 1 aromatic rings. The Labute approximate surface area is 108 Å². The summed E-state index contributed by atoms with van der Waals surface area (Å²) in [7, 11) is 0. The van der Waals surface area contributed by atoms with Gasteiger partial charge in [-0.25, -0.2) is 0 Å². The molecule has 0 aromatic carbocycles. The first-order valence-corrected chi connectivity index (χ1v) is 6.74. The molecular weight excluding hydrogens is 228 g/mol. The maximum absolute atomic E-state index is 12.6. The number of aromatic nitrogens is 1. The lowest BCUT2D eigenvalue weighted by molar-refractivity contribution is -0.134. The van der Waals surface area contributed by atoms with Crippen LogP contribution in [0.5, 0.6) is 0 Å². The molecule has 4 heteroatoms. The van der Waals surface area contributed by atoms with Crippen molar-refractivity contribution in [2.45, 2.75) is 52.5 Å². The van der Waals surface area contributed by atoms with Gasteiger partial charge in [-0.3, -0.25) is 4.79 Å². The molecule has 4 nitrogen and oxygen atoms in total. The molecule has 0 radical (unpaired) electrons. The van der Waals surface area contributed by atoms with Crippen molar-refractivity contribution < 1.29 is 9.32 Å². The summed E-state index contributed by atoms with van der Waals surface area (Å²) in [6.07, 6.45) is 2.21. The smallest absolute Gasteiger partial charge is 0.233 e. The zero-order valence-corrected chi connectivity index (χ0v) is 11.6. The highest BCUT2D eigenvalue weighted by Gasteiger charge is 2.35. The maximum atomic E-state index is 12.6. The van der Waals surface area contributed by atoms with Crippen LogP contribution in [0.3, 0.4) is 0 Å². The van der Waals surface area contributed by atoms with Crippen molar-refractivity contribution in [3.8, 4) is 0 Å². The number of rotatable bonds is 3. The van der Waals surface area contributed by atoms with Gasteiger partial charge < -0.3 is 9.42 Å². The largest absolute Gasteiger partial charge is 0.360 e. The van der Waals surface area contributed by atoms with Crippen LogP contribution in [0.15, 0.2) is 10.6 Å². The van der Waals surface area contributed by atoms with Crippen LogP contribution in [0.4, 0.5) is 0 Å². The number of carbonyl (C=O) groups is 1. The molecule has 0 saturated carbocycles. The Morgan fingerprint density at radius 1 is 1.56 bits per heavy atom. The van der Waals surface area contributed by atoms with Crippen LogP contribution in [-0.4, -0.2) is 28.6 Å². The van der Waals surface area contributed by atoms with Crippen molar-refractivity contribution in [1.29, 1.82) is 0 Å². The molecule has 0 aliphatic carbocycles. The Bertz CT molecular complexity index is 425. The van der Waals surface area contributed by atoms with Crippen LogP contribution >= 0.6 is 0 Å². The van der Waals surface area contributed by atoms with Crippen molar-refractivity contribution in [2.75, 3.05) is 6.54 Å². The predicted molar refractivity (Wildman–Crippen MR) is 69.2 cm³/mol. The Kier molecular flexibility index (Phi) is 3.73. The topological polar surface area (TPSA) is 46.3 Å². The lowest BCUT2D eigenvalue weighted by Gasteiger charge is -2.27. The van der Waals surface area contributed by atoms with Crippen molar-refractivity contribution >= 4 is 5.91 Å². The Morgan fingerprint density at radius 3 is 2.72 bits per heavy atom. The van der Waals surface area contributed by atoms with Gasteiger partial charge in [0, 0.05) is 18.7 Å². The minimum Gasteiger partial charge on any atom is -0.360 e. The van der Waals surface area contributed by atoms with E-state index in [4.69, 9.17) is 4.52 Å². The molecule has 1 aliphatic heterocycles. The lowest BCUT2D eigenvalue weighted by Crippen LogP contribution is -2.38. The van der Waals surface area contributed by atoms with E-state index in [1.54, 1.807) is 0 Å². The summed E-state index contributed by atoms with van der Waals surface area (Å²) >= 11 is 0. The minimum absolute atomic E-state index is 0.186. The molecule has 2 unspecified atom stereocenters. The zero-order chi connectivity index (χ0) is 13.3. The van der Waals surface area contributed by atoms with Crippen LogP contribution in [0, 0.1) is 12.8 Å². The number of nitrogens with zero attached hydrogens (tertiary/aromatic N) is 2. The highest BCUT2D eigenvalue weighted by Crippen LogP contribution is 2.30. The summed E-state index contributed by atoms with van der Waals surface area (Å²) in [4.78, 5) is 14.6. The van der Waals surface area contributed by atoms with E-state index in [2.05, 4.69) is 25.9 Å². The fourth-order valence-corrected chi connectivity index (χ4v) is 2.70. The predicted octanol–water partition coefficient (Wildman–Crippen LogP) is 2.73. The molecule has 1 aliphatic rings.